The molecule has 0 aliphatic carbocycles. The van der Waals surface area contributed by atoms with E-state index >= 15 is 0 Å². The zero-order chi connectivity index (χ0) is 9.52. The first kappa shape index (κ1) is 9.73. The lowest BCUT2D eigenvalue weighted by Gasteiger charge is -2.03. The highest BCUT2D eigenvalue weighted by atomic mass is 16.2. The molecule has 13 heavy (non-hydrogen) atoms. The predicted octanol–water partition coefficient (Wildman–Crippen LogP) is 0.243. The molecule has 1 heterocycles. The van der Waals surface area contributed by atoms with Crippen molar-refractivity contribution in [3.63, 3.8) is 0 Å². The molecule has 5 heteroatoms. The number of nitrogens with two attached hydrogens (primary N) is 1. The Kier molecular flexibility index (Phi) is 3.98. The number of hydrogen-bond donors (Lipinski definition) is 3. The number of unbranched alkanes of at least 4 members (excludes halogenated alkanes) is 1. The minimum atomic E-state index is 0.231. The molecule has 0 unspecified atom stereocenters. The number of anilines is 2. The molecule has 0 radical (unpaired) electrons. The molecular weight excluding hydrogens is 168 g/mol. The quantitative estimate of drug-likeness (QED) is 0.568. The smallest absolute Gasteiger partial charge is 0.148 e. The highest BCUT2D eigenvalue weighted by Crippen LogP contribution is 2.02. The number of rotatable bonds is 5. The van der Waals surface area contributed by atoms with Gasteiger partial charge in [0, 0.05) is 13.2 Å². The van der Waals surface area contributed by atoms with Gasteiger partial charge < -0.3 is 16.2 Å². The summed E-state index contributed by atoms with van der Waals surface area (Å²) >= 11 is 0. The highest BCUT2D eigenvalue weighted by molar-refractivity contribution is 5.38. The minimum Gasteiger partial charge on any atom is -0.396 e. The van der Waals surface area contributed by atoms with E-state index in [-0.39, 0.29) is 6.61 Å². The molecule has 0 bridgehead atoms. The van der Waals surface area contributed by atoms with Crippen LogP contribution in [-0.4, -0.2) is 28.5 Å². The molecule has 0 amide bonds. The number of aliphatic hydroxyl groups is 1. The van der Waals surface area contributed by atoms with Gasteiger partial charge in [0.2, 0.25) is 0 Å². The Bertz CT molecular complexity index is 236. The molecule has 1 aromatic heterocycles. The second-order valence-electron chi connectivity index (χ2n) is 2.70. The van der Waals surface area contributed by atoms with E-state index in [2.05, 4.69) is 15.5 Å². The molecule has 1 rings (SSSR count). The summed E-state index contributed by atoms with van der Waals surface area (Å²) in [6.07, 6.45) is 1.72. The van der Waals surface area contributed by atoms with Crippen molar-refractivity contribution in [1.29, 1.82) is 0 Å². The summed E-state index contributed by atoms with van der Waals surface area (Å²) < 4.78 is 0. The average molecular weight is 182 g/mol. The predicted molar refractivity (Wildman–Crippen MR) is 51.3 cm³/mol. The zero-order valence-electron chi connectivity index (χ0n) is 7.40. The third-order valence-corrected chi connectivity index (χ3v) is 1.58. The largest absolute Gasteiger partial charge is 0.396 e. The maximum Gasteiger partial charge on any atom is 0.148 e. The van der Waals surface area contributed by atoms with Crippen molar-refractivity contribution in [1.82, 2.24) is 10.2 Å². The monoisotopic (exact) mass is 182 g/mol. The van der Waals surface area contributed by atoms with Crippen molar-refractivity contribution in [2.24, 2.45) is 0 Å². The average Bonchev–Trinajstić information content (AvgIpc) is 2.15. The van der Waals surface area contributed by atoms with Gasteiger partial charge in [-0.05, 0) is 25.0 Å². The van der Waals surface area contributed by atoms with Gasteiger partial charge in [-0.25, -0.2) is 0 Å². The van der Waals surface area contributed by atoms with Crippen molar-refractivity contribution in [3.05, 3.63) is 12.1 Å². The Balaban J connectivity index is 2.25. The van der Waals surface area contributed by atoms with E-state index in [1.165, 1.54) is 0 Å². The van der Waals surface area contributed by atoms with E-state index in [1.54, 1.807) is 12.1 Å². The first-order chi connectivity index (χ1) is 6.33. The lowest BCUT2D eigenvalue weighted by atomic mass is 10.3. The van der Waals surface area contributed by atoms with E-state index in [0.29, 0.717) is 11.6 Å². The van der Waals surface area contributed by atoms with E-state index < -0.39 is 0 Å². The van der Waals surface area contributed by atoms with Crippen LogP contribution in [0.2, 0.25) is 0 Å². The molecule has 0 spiro atoms. The summed E-state index contributed by atoms with van der Waals surface area (Å²) in [6, 6.07) is 3.47. The van der Waals surface area contributed by atoms with Crippen LogP contribution in [0, 0.1) is 0 Å². The van der Waals surface area contributed by atoms with Crippen LogP contribution < -0.4 is 11.1 Å². The Hall–Kier alpha value is -1.36. The van der Waals surface area contributed by atoms with Gasteiger partial charge in [-0.2, -0.15) is 0 Å². The third-order valence-electron chi connectivity index (χ3n) is 1.58. The maximum absolute atomic E-state index is 8.53. The molecule has 0 fully saturated rings. The lowest BCUT2D eigenvalue weighted by molar-refractivity contribution is 0.286. The van der Waals surface area contributed by atoms with E-state index in [9.17, 15) is 0 Å². The Morgan fingerprint density at radius 1 is 1.31 bits per heavy atom. The molecule has 0 atom stereocenters. The summed E-state index contributed by atoms with van der Waals surface area (Å²) in [5, 5.41) is 19.1. The normalized spacial score (nSPS) is 9.92. The number of nitrogen functional groups attached to an aromatic ring is 1. The van der Waals surface area contributed by atoms with Crippen LogP contribution in [0.25, 0.3) is 0 Å². The van der Waals surface area contributed by atoms with Gasteiger partial charge in [0.25, 0.3) is 0 Å². The standard InChI is InChI=1S/C8H14N4O/c9-7-3-4-8(12-11-7)10-5-1-2-6-13/h3-4,13H,1-2,5-6H2,(H2,9,11)(H,10,12). The van der Waals surface area contributed by atoms with E-state index in [1.807, 2.05) is 0 Å². The molecule has 0 saturated heterocycles. The Labute approximate surface area is 77.0 Å². The number of hydrogen-bond acceptors (Lipinski definition) is 5. The summed E-state index contributed by atoms with van der Waals surface area (Å²) in [4.78, 5) is 0. The van der Waals surface area contributed by atoms with Crippen molar-refractivity contribution in [2.75, 3.05) is 24.2 Å². The third kappa shape index (κ3) is 3.71. The van der Waals surface area contributed by atoms with Crippen molar-refractivity contribution < 1.29 is 5.11 Å². The maximum atomic E-state index is 8.53. The number of nitrogens with one attached hydrogen (secondary N) is 1. The molecule has 4 N–H and O–H groups in total. The van der Waals surface area contributed by atoms with E-state index in [4.69, 9.17) is 10.8 Å². The van der Waals surface area contributed by atoms with E-state index in [0.717, 1.165) is 19.4 Å². The number of aromatic nitrogens is 2. The molecule has 0 aliphatic heterocycles. The van der Waals surface area contributed by atoms with Crippen LogP contribution in [0.4, 0.5) is 11.6 Å². The minimum absolute atomic E-state index is 0.231. The first-order valence-electron chi connectivity index (χ1n) is 4.27. The molecular formula is C8H14N4O. The number of aliphatic hydroxyl groups excluding tert-OH is 1. The van der Waals surface area contributed by atoms with Crippen LogP contribution >= 0.6 is 0 Å². The van der Waals surface area contributed by atoms with Crippen LogP contribution in [-0.2, 0) is 0 Å². The van der Waals surface area contributed by atoms with Crippen molar-refractivity contribution in [2.45, 2.75) is 12.8 Å². The van der Waals surface area contributed by atoms with Gasteiger partial charge in [0.1, 0.15) is 11.6 Å². The van der Waals surface area contributed by atoms with Crippen LogP contribution in [0.15, 0.2) is 12.1 Å². The lowest BCUT2D eigenvalue weighted by Crippen LogP contribution is -2.05. The van der Waals surface area contributed by atoms with Crippen molar-refractivity contribution >= 4 is 11.6 Å². The Morgan fingerprint density at radius 2 is 2.15 bits per heavy atom. The van der Waals surface area contributed by atoms with Gasteiger partial charge >= 0.3 is 0 Å². The van der Waals surface area contributed by atoms with Gasteiger partial charge in [-0.15, -0.1) is 10.2 Å². The van der Waals surface area contributed by atoms with Crippen LogP contribution in [0.5, 0.6) is 0 Å². The highest BCUT2D eigenvalue weighted by Gasteiger charge is 1.93. The fourth-order valence-electron chi connectivity index (χ4n) is 0.890. The Morgan fingerprint density at radius 3 is 2.77 bits per heavy atom. The zero-order valence-corrected chi connectivity index (χ0v) is 7.40. The molecule has 0 saturated carbocycles. The summed E-state index contributed by atoms with van der Waals surface area (Å²) in [5.41, 5.74) is 5.37. The van der Waals surface area contributed by atoms with Gasteiger partial charge in [-0.3, -0.25) is 0 Å². The second-order valence-corrected chi connectivity index (χ2v) is 2.70. The van der Waals surface area contributed by atoms with Gasteiger partial charge in [-0.1, -0.05) is 0 Å². The first-order valence-corrected chi connectivity index (χ1v) is 4.27. The van der Waals surface area contributed by atoms with Crippen molar-refractivity contribution in [3.8, 4) is 0 Å². The number of nitrogens with zero attached hydrogens (tertiary/aromatic N) is 2. The molecule has 72 valence electrons. The molecule has 1 aromatic rings. The van der Waals surface area contributed by atoms with Gasteiger partial charge in [0.15, 0.2) is 0 Å². The fourth-order valence-corrected chi connectivity index (χ4v) is 0.890. The summed E-state index contributed by atoms with van der Waals surface area (Å²) in [5.74, 6) is 1.13. The van der Waals surface area contributed by atoms with Gasteiger partial charge in [0.05, 0.1) is 0 Å². The van der Waals surface area contributed by atoms with Crippen LogP contribution in [0.3, 0.4) is 0 Å². The second kappa shape index (κ2) is 5.31. The summed E-state index contributed by atoms with van der Waals surface area (Å²) in [6.45, 7) is 1.02. The van der Waals surface area contributed by atoms with Crippen LogP contribution in [0.1, 0.15) is 12.8 Å². The SMILES string of the molecule is Nc1ccc(NCCCCO)nn1. The molecule has 0 aliphatic rings. The summed E-state index contributed by atoms with van der Waals surface area (Å²) in [7, 11) is 0. The molecule has 5 nitrogen and oxygen atoms in total. The topological polar surface area (TPSA) is 84.1 Å². The fraction of sp³-hybridized carbons (Fsp3) is 0.500. The molecule has 0 aromatic carbocycles.